The molecule has 0 bridgehead atoms. The van der Waals surface area contributed by atoms with E-state index >= 15 is 0 Å². The first kappa shape index (κ1) is 14.3. The molecule has 2 fully saturated rings. The summed E-state index contributed by atoms with van der Waals surface area (Å²) in [6, 6.07) is 0. The van der Waals surface area contributed by atoms with Gasteiger partial charge in [-0.25, -0.2) is 0 Å². The van der Waals surface area contributed by atoms with Crippen molar-refractivity contribution in [2.75, 3.05) is 26.7 Å². The molecule has 0 aromatic heterocycles. The topological polar surface area (TPSA) is 32.7 Å². The van der Waals surface area contributed by atoms with Crippen LogP contribution in [0.4, 0.5) is 0 Å². The fraction of sp³-hybridized carbons (Fsp3) is 1.00. The van der Waals surface area contributed by atoms with Crippen LogP contribution in [0.1, 0.15) is 46.0 Å². The number of nitrogens with zero attached hydrogens (tertiary/aromatic N) is 1. The standard InChI is InChI=1S/C15H29NO2/c1-15(2)8-4-6-12(14(15)17)10-16-9-5-7-13(11-16)18-3/h12-14,17H,4-11H2,1-3H3. The van der Waals surface area contributed by atoms with Crippen LogP contribution in [0.2, 0.25) is 0 Å². The lowest BCUT2D eigenvalue weighted by molar-refractivity contribution is -0.0526. The first-order valence-corrected chi connectivity index (χ1v) is 7.46. The molecule has 18 heavy (non-hydrogen) atoms. The van der Waals surface area contributed by atoms with Crippen LogP contribution < -0.4 is 0 Å². The van der Waals surface area contributed by atoms with Gasteiger partial charge in [0.15, 0.2) is 0 Å². The summed E-state index contributed by atoms with van der Waals surface area (Å²) in [6.45, 7) is 7.67. The van der Waals surface area contributed by atoms with Crippen LogP contribution in [0, 0.1) is 11.3 Å². The third kappa shape index (κ3) is 3.25. The number of methoxy groups -OCH3 is 1. The summed E-state index contributed by atoms with van der Waals surface area (Å²) in [5.74, 6) is 0.448. The van der Waals surface area contributed by atoms with Crippen LogP contribution in [0.15, 0.2) is 0 Å². The number of aliphatic hydroxyl groups is 1. The van der Waals surface area contributed by atoms with Crippen molar-refractivity contribution in [1.82, 2.24) is 4.90 Å². The van der Waals surface area contributed by atoms with Crippen LogP contribution >= 0.6 is 0 Å². The summed E-state index contributed by atoms with van der Waals surface area (Å²) in [6.07, 6.45) is 6.26. The van der Waals surface area contributed by atoms with Crippen LogP contribution in [-0.4, -0.2) is 49.0 Å². The fourth-order valence-corrected chi connectivity index (χ4v) is 3.66. The van der Waals surface area contributed by atoms with Crippen LogP contribution in [0.3, 0.4) is 0 Å². The molecule has 1 aliphatic heterocycles. The van der Waals surface area contributed by atoms with Gasteiger partial charge in [-0.1, -0.05) is 20.3 Å². The van der Waals surface area contributed by atoms with Gasteiger partial charge < -0.3 is 14.7 Å². The number of likely N-dealkylation sites (tertiary alicyclic amines) is 1. The molecule has 3 atom stereocenters. The van der Waals surface area contributed by atoms with Gasteiger partial charge in [-0.15, -0.1) is 0 Å². The highest BCUT2D eigenvalue weighted by Gasteiger charge is 2.38. The molecule has 1 aliphatic carbocycles. The highest BCUT2D eigenvalue weighted by atomic mass is 16.5. The van der Waals surface area contributed by atoms with Gasteiger partial charge in [0.05, 0.1) is 12.2 Å². The van der Waals surface area contributed by atoms with Crippen LogP contribution in [0.5, 0.6) is 0 Å². The highest BCUT2D eigenvalue weighted by Crippen LogP contribution is 2.39. The van der Waals surface area contributed by atoms with Crippen molar-refractivity contribution in [2.24, 2.45) is 11.3 Å². The van der Waals surface area contributed by atoms with Gasteiger partial charge in [0.25, 0.3) is 0 Å². The molecule has 1 saturated carbocycles. The van der Waals surface area contributed by atoms with E-state index in [2.05, 4.69) is 18.7 Å². The summed E-state index contributed by atoms with van der Waals surface area (Å²) in [5, 5.41) is 10.5. The Morgan fingerprint density at radius 3 is 2.78 bits per heavy atom. The Balaban J connectivity index is 1.88. The van der Waals surface area contributed by atoms with E-state index in [-0.39, 0.29) is 11.5 Å². The van der Waals surface area contributed by atoms with Crippen LogP contribution in [-0.2, 0) is 4.74 Å². The number of piperidine rings is 1. The average Bonchev–Trinajstić information content (AvgIpc) is 2.35. The van der Waals surface area contributed by atoms with Gasteiger partial charge in [-0.2, -0.15) is 0 Å². The normalized spacial score (nSPS) is 37.7. The van der Waals surface area contributed by atoms with Crippen molar-refractivity contribution in [3.05, 3.63) is 0 Å². The maximum atomic E-state index is 10.5. The zero-order valence-electron chi connectivity index (χ0n) is 12.2. The van der Waals surface area contributed by atoms with E-state index in [1.54, 1.807) is 0 Å². The van der Waals surface area contributed by atoms with E-state index in [0.29, 0.717) is 12.0 Å². The minimum Gasteiger partial charge on any atom is -0.392 e. The van der Waals surface area contributed by atoms with E-state index in [1.165, 1.54) is 32.2 Å². The van der Waals surface area contributed by atoms with Gasteiger partial charge in [-0.05, 0) is 43.6 Å². The molecule has 0 aromatic rings. The van der Waals surface area contributed by atoms with E-state index in [4.69, 9.17) is 4.74 Å². The molecule has 3 heteroatoms. The second-order valence-corrected chi connectivity index (χ2v) is 6.85. The molecule has 2 rings (SSSR count). The van der Waals surface area contributed by atoms with Gasteiger partial charge in [0.1, 0.15) is 0 Å². The summed E-state index contributed by atoms with van der Waals surface area (Å²) < 4.78 is 5.47. The first-order valence-electron chi connectivity index (χ1n) is 7.46. The Labute approximate surface area is 112 Å². The molecule has 3 unspecified atom stereocenters. The fourth-order valence-electron chi connectivity index (χ4n) is 3.66. The summed E-state index contributed by atoms with van der Waals surface area (Å²) in [4.78, 5) is 2.49. The number of rotatable bonds is 3. The Bertz CT molecular complexity index is 267. The quantitative estimate of drug-likeness (QED) is 0.840. The summed E-state index contributed by atoms with van der Waals surface area (Å²) >= 11 is 0. The molecular weight excluding hydrogens is 226 g/mol. The van der Waals surface area contributed by atoms with E-state index in [1.807, 2.05) is 7.11 Å². The zero-order chi connectivity index (χ0) is 13.2. The second-order valence-electron chi connectivity index (χ2n) is 6.85. The molecule has 2 aliphatic rings. The Kier molecular flexibility index (Phi) is 4.68. The molecule has 0 amide bonds. The van der Waals surface area contributed by atoms with Gasteiger partial charge >= 0.3 is 0 Å². The minimum absolute atomic E-state index is 0.0966. The highest BCUT2D eigenvalue weighted by molar-refractivity contribution is 4.90. The third-order valence-corrected chi connectivity index (χ3v) is 4.93. The molecule has 106 valence electrons. The molecule has 3 nitrogen and oxygen atoms in total. The predicted octanol–water partition coefficient (Wildman–Crippen LogP) is 2.28. The molecule has 0 spiro atoms. The smallest absolute Gasteiger partial charge is 0.0698 e. The lowest BCUT2D eigenvalue weighted by Gasteiger charge is -2.43. The molecular formula is C15H29NO2. The van der Waals surface area contributed by atoms with E-state index in [9.17, 15) is 5.11 Å². The Morgan fingerprint density at radius 2 is 2.06 bits per heavy atom. The minimum atomic E-state index is -0.144. The number of ether oxygens (including phenoxy) is 1. The van der Waals surface area contributed by atoms with Crippen LogP contribution in [0.25, 0.3) is 0 Å². The van der Waals surface area contributed by atoms with E-state index < -0.39 is 0 Å². The van der Waals surface area contributed by atoms with Gasteiger partial charge in [-0.3, -0.25) is 0 Å². The number of aliphatic hydroxyl groups excluding tert-OH is 1. The second kappa shape index (κ2) is 5.89. The summed E-state index contributed by atoms with van der Waals surface area (Å²) in [7, 11) is 1.81. The van der Waals surface area contributed by atoms with Gasteiger partial charge in [0, 0.05) is 20.2 Å². The molecule has 1 heterocycles. The molecule has 0 aromatic carbocycles. The molecule has 1 N–H and O–H groups in total. The monoisotopic (exact) mass is 255 g/mol. The number of hydrogen-bond donors (Lipinski definition) is 1. The third-order valence-electron chi connectivity index (χ3n) is 4.93. The van der Waals surface area contributed by atoms with E-state index in [0.717, 1.165) is 19.5 Å². The van der Waals surface area contributed by atoms with Crippen molar-refractivity contribution < 1.29 is 9.84 Å². The average molecular weight is 255 g/mol. The lowest BCUT2D eigenvalue weighted by atomic mass is 9.69. The predicted molar refractivity (Wildman–Crippen MR) is 73.6 cm³/mol. The van der Waals surface area contributed by atoms with Crippen molar-refractivity contribution in [1.29, 1.82) is 0 Å². The van der Waals surface area contributed by atoms with Crippen molar-refractivity contribution in [3.8, 4) is 0 Å². The summed E-state index contributed by atoms with van der Waals surface area (Å²) in [5.41, 5.74) is 0.0966. The van der Waals surface area contributed by atoms with Crippen molar-refractivity contribution >= 4 is 0 Å². The van der Waals surface area contributed by atoms with Crippen molar-refractivity contribution in [2.45, 2.75) is 58.2 Å². The Hall–Kier alpha value is -0.120. The maximum absolute atomic E-state index is 10.5. The molecule has 0 radical (unpaired) electrons. The van der Waals surface area contributed by atoms with Gasteiger partial charge in [0.2, 0.25) is 0 Å². The van der Waals surface area contributed by atoms with Crippen molar-refractivity contribution in [3.63, 3.8) is 0 Å². The lowest BCUT2D eigenvalue weighted by Crippen LogP contribution is -2.48. The zero-order valence-corrected chi connectivity index (χ0v) is 12.2. The SMILES string of the molecule is COC1CCCN(CC2CCCC(C)(C)C2O)C1. The maximum Gasteiger partial charge on any atom is 0.0698 e. The first-order chi connectivity index (χ1) is 8.53. The molecule has 1 saturated heterocycles. The largest absolute Gasteiger partial charge is 0.392 e. The number of hydrogen-bond acceptors (Lipinski definition) is 3. The Morgan fingerprint density at radius 1 is 1.28 bits per heavy atom.